The molecule has 0 bridgehead atoms. The fourth-order valence-electron chi connectivity index (χ4n) is 3.67. The largest absolute Gasteiger partial charge is 0.375 e. The van der Waals surface area contributed by atoms with Gasteiger partial charge in [-0.1, -0.05) is 26.7 Å². The van der Waals surface area contributed by atoms with Crippen molar-refractivity contribution in [1.82, 2.24) is 19.5 Å². The van der Waals surface area contributed by atoms with Crippen molar-refractivity contribution in [2.45, 2.75) is 60.0 Å². The van der Waals surface area contributed by atoms with Gasteiger partial charge in [0.15, 0.2) is 5.65 Å². The van der Waals surface area contributed by atoms with Crippen LogP contribution in [0.15, 0.2) is 6.07 Å². The minimum Gasteiger partial charge on any atom is -0.375 e. The first kappa shape index (κ1) is 18.8. The van der Waals surface area contributed by atoms with Gasteiger partial charge in [0.05, 0.1) is 18.4 Å². The van der Waals surface area contributed by atoms with E-state index in [9.17, 15) is 4.79 Å². The quantitative estimate of drug-likeness (QED) is 0.823. The molecule has 0 saturated carbocycles. The highest BCUT2D eigenvalue weighted by Gasteiger charge is 2.29. The molecular formula is C20H30N4O2. The SMILES string of the molecule is Cc1cc(C)n2nc(C)c(C(=O)N3CCOC(CCCC(C)C)C3)c2n1. The molecule has 1 fully saturated rings. The average molecular weight is 358 g/mol. The predicted octanol–water partition coefficient (Wildman–Crippen LogP) is 3.32. The smallest absolute Gasteiger partial charge is 0.259 e. The maximum Gasteiger partial charge on any atom is 0.259 e. The molecule has 1 atom stereocenters. The second-order valence-electron chi connectivity index (χ2n) is 7.80. The molecule has 3 rings (SSSR count). The minimum absolute atomic E-state index is 0.0205. The van der Waals surface area contributed by atoms with E-state index in [1.807, 2.05) is 31.7 Å². The first-order valence-electron chi connectivity index (χ1n) is 9.61. The van der Waals surface area contributed by atoms with Crippen LogP contribution in [-0.4, -0.2) is 51.2 Å². The van der Waals surface area contributed by atoms with Gasteiger partial charge in [-0.25, -0.2) is 9.50 Å². The molecular weight excluding hydrogens is 328 g/mol. The lowest BCUT2D eigenvalue weighted by Crippen LogP contribution is -2.45. The summed E-state index contributed by atoms with van der Waals surface area (Å²) in [5.41, 5.74) is 3.91. The highest BCUT2D eigenvalue weighted by Crippen LogP contribution is 2.21. The molecule has 3 heterocycles. The van der Waals surface area contributed by atoms with Crippen molar-refractivity contribution in [3.63, 3.8) is 0 Å². The van der Waals surface area contributed by atoms with Gasteiger partial charge in [0.25, 0.3) is 5.91 Å². The molecule has 1 saturated heterocycles. The first-order valence-corrected chi connectivity index (χ1v) is 9.61. The summed E-state index contributed by atoms with van der Waals surface area (Å²) in [7, 11) is 0. The molecule has 0 aromatic carbocycles. The van der Waals surface area contributed by atoms with Crippen LogP contribution < -0.4 is 0 Å². The fraction of sp³-hybridized carbons (Fsp3) is 0.650. The molecule has 2 aromatic heterocycles. The highest BCUT2D eigenvalue weighted by molar-refractivity contribution is 6.01. The maximum atomic E-state index is 13.2. The van der Waals surface area contributed by atoms with Crippen LogP contribution >= 0.6 is 0 Å². The molecule has 0 radical (unpaired) electrons. The monoisotopic (exact) mass is 358 g/mol. The number of aromatic nitrogens is 3. The van der Waals surface area contributed by atoms with Gasteiger partial charge >= 0.3 is 0 Å². The van der Waals surface area contributed by atoms with Gasteiger partial charge in [0.2, 0.25) is 0 Å². The topological polar surface area (TPSA) is 59.7 Å². The van der Waals surface area contributed by atoms with Crippen LogP contribution in [0, 0.1) is 26.7 Å². The van der Waals surface area contributed by atoms with E-state index in [2.05, 4.69) is 23.9 Å². The maximum absolute atomic E-state index is 13.2. The third-order valence-corrected chi connectivity index (χ3v) is 5.02. The fourth-order valence-corrected chi connectivity index (χ4v) is 3.67. The molecule has 1 unspecified atom stereocenters. The van der Waals surface area contributed by atoms with E-state index in [1.54, 1.807) is 4.52 Å². The van der Waals surface area contributed by atoms with Gasteiger partial charge < -0.3 is 9.64 Å². The number of amides is 1. The summed E-state index contributed by atoms with van der Waals surface area (Å²) in [4.78, 5) is 19.7. The number of carbonyl (C=O) groups is 1. The van der Waals surface area contributed by atoms with E-state index >= 15 is 0 Å². The van der Waals surface area contributed by atoms with E-state index in [-0.39, 0.29) is 12.0 Å². The lowest BCUT2D eigenvalue weighted by molar-refractivity contribution is -0.0259. The number of nitrogens with zero attached hydrogens (tertiary/aromatic N) is 4. The van der Waals surface area contributed by atoms with Crippen LogP contribution in [0.25, 0.3) is 5.65 Å². The van der Waals surface area contributed by atoms with Crippen molar-refractivity contribution in [3.8, 4) is 0 Å². The molecule has 1 aliphatic heterocycles. The number of rotatable bonds is 5. The summed E-state index contributed by atoms with van der Waals surface area (Å²) in [6.07, 6.45) is 3.47. The molecule has 6 nitrogen and oxygen atoms in total. The second-order valence-corrected chi connectivity index (χ2v) is 7.80. The van der Waals surface area contributed by atoms with Gasteiger partial charge in [-0.15, -0.1) is 0 Å². The molecule has 142 valence electrons. The van der Waals surface area contributed by atoms with Crippen LogP contribution in [0.3, 0.4) is 0 Å². The number of carbonyl (C=O) groups excluding carboxylic acids is 1. The van der Waals surface area contributed by atoms with Gasteiger partial charge in [-0.05, 0) is 39.2 Å². The molecule has 0 aliphatic carbocycles. The Morgan fingerprint density at radius 3 is 2.85 bits per heavy atom. The number of morpholine rings is 1. The van der Waals surface area contributed by atoms with Crippen molar-refractivity contribution < 1.29 is 9.53 Å². The number of ether oxygens (including phenoxy) is 1. The van der Waals surface area contributed by atoms with Gasteiger partial charge in [-0.2, -0.15) is 5.10 Å². The van der Waals surface area contributed by atoms with E-state index in [0.29, 0.717) is 36.8 Å². The van der Waals surface area contributed by atoms with E-state index < -0.39 is 0 Å². The number of aryl methyl sites for hydroxylation is 3. The number of hydrogen-bond acceptors (Lipinski definition) is 4. The van der Waals surface area contributed by atoms with Crippen LogP contribution in [-0.2, 0) is 4.74 Å². The lowest BCUT2D eigenvalue weighted by atomic mass is 10.0. The first-order chi connectivity index (χ1) is 12.4. The van der Waals surface area contributed by atoms with Crippen LogP contribution in [0.1, 0.15) is 60.5 Å². The Labute approximate surface area is 155 Å². The van der Waals surface area contributed by atoms with Gasteiger partial charge in [-0.3, -0.25) is 4.79 Å². The molecule has 1 amide bonds. The van der Waals surface area contributed by atoms with E-state index in [1.165, 1.54) is 6.42 Å². The Bertz CT molecular complexity index is 797. The van der Waals surface area contributed by atoms with Gasteiger partial charge in [0, 0.05) is 24.5 Å². The summed E-state index contributed by atoms with van der Waals surface area (Å²) >= 11 is 0. The summed E-state index contributed by atoms with van der Waals surface area (Å²) in [6.45, 7) is 12.2. The van der Waals surface area contributed by atoms with Crippen molar-refractivity contribution >= 4 is 11.6 Å². The summed E-state index contributed by atoms with van der Waals surface area (Å²) in [5.74, 6) is 0.725. The van der Waals surface area contributed by atoms with E-state index in [0.717, 1.165) is 29.9 Å². The van der Waals surface area contributed by atoms with Gasteiger partial charge in [0.1, 0.15) is 5.56 Å². The van der Waals surface area contributed by atoms with Crippen molar-refractivity contribution in [2.75, 3.05) is 19.7 Å². The number of hydrogen-bond donors (Lipinski definition) is 0. The number of fused-ring (bicyclic) bond motifs is 1. The van der Waals surface area contributed by atoms with E-state index in [4.69, 9.17) is 4.74 Å². The van der Waals surface area contributed by atoms with Crippen LogP contribution in [0.4, 0.5) is 0 Å². The van der Waals surface area contributed by atoms with Crippen LogP contribution in [0.5, 0.6) is 0 Å². The molecule has 2 aromatic rings. The highest BCUT2D eigenvalue weighted by atomic mass is 16.5. The Kier molecular flexibility index (Phi) is 5.61. The van der Waals surface area contributed by atoms with Crippen LogP contribution in [0.2, 0.25) is 0 Å². The zero-order chi connectivity index (χ0) is 18.8. The standard InChI is InChI=1S/C20H30N4O2/c1-13(2)7-6-8-17-12-23(9-10-26-17)20(25)18-16(5)22-24-15(4)11-14(3)21-19(18)24/h11,13,17H,6-10,12H2,1-5H3. The predicted molar refractivity (Wildman–Crippen MR) is 102 cm³/mol. The van der Waals surface area contributed by atoms with Crippen molar-refractivity contribution in [1.29, 1.82) is 0 Å². The molecule has 1 aliphatic rings. The Balaban J connectivity index is 1.78. The Morgan fingerprint density at radius 2 is 2.12 bits per heavy atom. The summed E-state index contributed by atoms with van der Waals surface area (Å²) < 4.78 is 7.66. The molecule has 0 N–H and O–H groups in total. The third kappa shape index (κ3) is 3.90. The Hall–Kier alpha value is -1.95. The van der Waals surface area contributed by atoms with Crippen molar-refractivity contribution in [2.24, 2.45) is 5.92 Å². The third-order valence-electron chi connectivity index (χ3n) is 5.02. The summed E-state index contributed by atoms with van der Waals surface area (Å²) in [5, 5.41) is 4.53. The normalized spacial score (nSPS) is 18.1. The minimum atomic E-state index is 0.0205. The van der Waals surface area contributed by atoms with Crippen molar-refractivity contribution in [3.05, 3.63) is 28.7 Å². The zero-order valence-electron chi connectivity index (χ0n) is 16.6. The Morgan fingerprint density at radius 1 is 1.35 bits per heavy atom. The lowest BCUT2D eigenvalue weighted by Gasteiger charge is -2.33. The average Bonchev–Trinajstić information content (AvgIpc) is 2.90. The molecule has 6 heteroatoms. The second kappa shape index (κ2) is 7.74. The molecule has 26 heavy (non-hydrogen) atoms. The zero-order valence-corrected chi connectivity index (χ0v) is 16.6. The molecule has 0 spiro atoms. The summed E-state index contributed by atoms with van der Waals surface area (Å²) in [6, 6.07) is 1.98.